The molecule has 0 saturated heterocycles. The largest absolute Gasteiger partial charge is 0.389 e. The number of aryl methyl sites for hydroxylation is 1. The van der Waals surface area contributed by atoms with Gasteiger partial charge in [-0.05, 0) is 52.0 Å². The Kier molecular flexibility index (Phi) is 4.40. The Labute approximate surface area is 129 Å². The third-order valence-corrected chi connectivity index (χ3v) is 3.06. The SMILES string of the molecule is Cc1ccc2nc(/C=C/C(=O)OC(=O)C(C)(C)C)ccc2c1. The number of aromatic nitrogens is 1. The summed E-state index contributed by atoms with van der Waals surface area (Å²) in [5.41, 5.74) is 1.95. The van der Waals surface area contributed by atoms with Crippen molar-refractivity contribution in [2.75, 3.05) is 0 Å². The van der Waals surface area contributed by atoms with E-state index in [0.29, 0.717) is 5.69 Å². The highest BCUT2D eigenvalue weighted by Gasteiger charge is 2.24. The number of fused-ring (bicyclic) bond motifs is 1. The molecule has 22 heavy (non-hydrogen) atoms. The lowest BCUT2D eigenvalue weighted by Gasteiger charge is -2.14. The van der Waals surface area contributed by atoms with Crippen LogP contribution in [0.1, 0.15) is 32.0 Å². The number of benzene rings is 1. The second kappa shape index (κ2) is 6.10. The van der Waals surface area contributed by atoms with Gasteiger partial charge in [0.1, 0.15) is 0 Å². The van der Waals surface area contributed by atoms with E-state index in [4.69, 9.17) is 4.74 Å². The van der Waals surface area contributed by atoms with Crippen molar-refractivity contribution in [3.8, 4) is 0 Å². The molecule has 1 aromatic carbocycles. The molecule has 0 radical (unpaired) electrons. The highest BCUT2D eigenvalue weighted by atomic mass is 16.6. The Balaban J connectivity index is 2.11. The molecule has 0 fully saturated rings. The average Bonchev–Trinajstić information content (AvgIpc) is 2.44. The Morgan fingerprint density at radius 3 is 2.55 bits per heavy atom. The van der Waals surface area contributed by atoms with Crippen molar-refractivity contribution in [2.45, 2.75) is 27.7 Å². The van der Waals surface area contributed by atoms with Gasteiger partial charge in [-0.2, -0.15) is 0 Å². The average molecular weight is 297 g/mol. The van der Waals surface area contributed by atoms with E-state index >= 15 is 0 Å². The Bertz CT molecular complexity index is 755. The summed E-state index contributed by atoms with van der Waals surface area (Å²) in [7, 11) is 0. The summed E-state index contributed by atoms with van der Waals surface area (Å²) in [5, 5.41) is 1.04. The van der Waals surface area contributed by atoms with Gasteiger partial charge in [-0.15, -0.1) is 0 Å². The van der Waals surface area contributed by atoms with Crippen molar-refractivity contribution < 1.29 is 14.3 Å². The fraction of sp³-hybridized carbons (Fsp3) is 0.278. The predicted octanol–water partition coefficient (Wildman–Crippen LogP) is 3.67. The maximum absolute atomic E-state index is 11.6. The van der Waals surface area contributed by atoms with Crippen LogP contribution in [0.15, 0.2) is 36.4 Å². The molecule has 4 heteroatoms. The van der Waals surface area contributed by atoms with Crippen LogP contribution in [0, 0.1) is 12.3 Å². The fourth-order valence-electron chi connectivity index (χ4n) is 1.79. The minimum atomic E-state index is -0.706. The molecule has 0 aliphatic carbocycles. The summed E-state index contributed by atoms with van der Waals surface area (Å²) in [5.74, 6) is -1.24. The van der Waals surface area contributed by atoms with Crippen molar-refractivity contribution in [2.24, 2.45) is 5.41 Å². The van der Waals surface area contributed by atoms with Crippen LogP contribution in [-0.4, -0.2) is 16.9 Å². The number of hydrogen-bond acceptors (Lipinski definition) is 4. The molecule has 2 rings (SSSR count). The van der Waals surface area contributed by atoms with Crippen LogP contribution in [0.4, 0.5) is 0 Å². The van der Waals surface area contributed by atoms with Gasteiger partial charge >= 0.3 is 11.9 Å². The van der Waals surface area contributed by atoms with Crippen molar-refractivity contribution in [1.82, 2.24) is 4.98 Å². The number of hydrogen-bond donors (Lipinski definition) is 0. The second-order valence-corrected chi connectivity index (χ2v) is 6.22. The lowest BCUT2D eigenvalue weighted by atomic mass is 9.97. The first-order valence-electron chi connectivity index (χ1n) is 7.07. The van der Waals surface area contributed by atoms with Gasteiger partial charge in [0.2, 0.25) is 0 Å². The van der Waals surface area contributed by atoms with E-state index in [0.717, 1.165) is 10.9 Å². The molecule has 1 heterocycles. The van der Waals surface area contributed by atoms with Crippen molar-refractivity contribution in [3.63, 3.8) is 0 Å². The van der Waals surface area contributed by atoms with E-state index < -0.39 is 17.4 Å². The van der Waals surface area contributed by atoms with Gasteiger partial charge < -0.3 is 4.74 Å². The van der Waals surface area contributed by atoms with E-state index in [1.54, 1.807) is 20.8 Å². The van der Waals surface area contributed by atoms with E-state index in [2.05, 4.69) is 4.98 Å². The summed E-state index contributed by atoms with van der Waals surface area (Å²) in [4.78, 5) is 27.7. The molecule has 1 aromatic heterocycles. The molecular formula is C18H19NO3. The van der Waals surface area contributed by atoms with Crippen LogP contribution in [-0.2, 0) is 14.3 Å². The van der Waals surface area contributed by atoms with Crippen LogP contribution in [0.3, 0.4) is 0 Å². The molecule has 0 N–H and O–H groups in total. The number of pyridine rings is 1. The predicted molar refractivity (Wildman–Crippen MR) is 86.1 cm³/mol. The summed E-state index contributed by atoms with van der Waals surface area (Å²) in [6, 6.07) is 9.73. The molecule has 0 aliphatic heterocycles. The lowest BCUT2D eigenvalue weighted by molar-refractivity contribution is -0.162. The molecule has 0 unspecified atom stereocenters. The molecule has 0 bridgehead atoms. The van der Waals surface area contributed by atoms with Crippen LogP contribution in [0.5, 0.6) is 0 Å². The van der Waals surface area contributed by atoms with Gasteiger partial charge in [-0.25, -0.2) is 9.78 Å². The minimum Gasteiger partial charge on any atom is -0.389 e. The molecule has 114 valence electrons. The van der Waals surface area contributed by atoms with Gasteiger partial charge in [-0.3, -0.25) is 4.79 Å². The summed E-state index contributed by atoms with van der Waals surface area (Å²) in [6.07, 6.45) is 2.75. The zero-order valence-electron chi connectivity index (χ0n) is 13.2. The second-order valence-electron chi connectivity index (χ2n) is 6.22. The van der Waals surface area contributed by atoms with Crippen LogP contribution in [0.2, 0.25) is 0 Å². The zero-order chi connectivity index (χ0) is 16.3. The molecule has 4 nitrogen and oxygen atoms in total. The van der Waals surface area contributed by atoms with Crippen molar-refractivity contribution in [3.05, 3.63) is 47.7 Å². The van der Waals surface area contributed by atoms with Crippen LogP contribution in [0.25, 0.3) is 17.0 Å². The van der Waals surface area contributed by atoms with Gasteiger partial charge in [-0.1, -0.05) is 17.7 Å². The van der Waals surface area contributed by atoms with Gasteiger partial charge in [0.15, 0.2) is 0 Å². The Morgan fingerprint density at radius 2 is 1.86 bits per heavy atom. The number of ether oxygens (including phenoxy) is 1. The van der Waals surface area contributed by atoms with E-state index in [1.807, 2.05) is 37.3 Å². The van der Waals surface area contributed by atoms with Crippen LogP contribution < -0.4 is 0 Å². The first kappa shape index (κ1) is 15.9. The summed E-state index contributed by atoms with van der Waals surface area (Å²) >= 11 is 0. The topological polar surface area (TPSA) is 56.3 Å². The highest BCUT2D eigenvalue weighted by Crippen LogP contribution is 2.16. The molecule has 0 saturated carbocycles. The maximum atomic E-state index is 11.6. The number of carbonyl (C=O) groups is 2. The summed E-state index contributed by atoms with van der Waals surface area (Å²) in [6.45, 7) is 7.10. The number of carbonyl (C=O) groups excluding carboxylic acids is 2. The first-order chi connectivity index (χ1) is 10.3. The van der Waals surface area contributed by atoms with E-state index in [1.165, 1.54) is 17.7 Å². The molecule has 0 spiro atoms. The third kappa shape index (κ3) is 4.01. The number of rotatable bonds is 2. The van der Waals surface area contributed by atoms with Crippen molar-refractivity contribution in [1.29, 1.82) is 0 Å². The van der Waals surface area contributed by atoms with Gasteiger partial charge in [0, 0.05) is 11.5 Å². The van der Waals surface area contributed by atoms with Gasteiger partial charge in [0.25, 0.3) is 0 Å². The lowest BCUT2D eigenvalue weighted by Crippen LogP contribution is -2.25. The molecular weight excluding hydrogens is 278 g/mol. The third-order valence-electron chi connectivity index (χ3n) is 3.06. The summed E-state index contributed by atoms with van der Waals surface area (Å²) < 4.78 is 4.75. The standard InChI is InChI=1S/C18H19NO3/c1-12-5-9-15-13(11-12)6-7-14(19-15)8-10-16(20)22-17(21)18(2,3)4/h5-11H,1-4H3/b10-8+. The van der Waals surface area contributed by atoms with Gasteiger partial charge in [0.05, 0.1) is 16.6 Å². The molecule has 0 amide bonds. The number of esters is 2. The molecule has 0 aliphatic rings. The number of nitrogens with zero attached hydrogens (tertiary/aromatic N) is 1. The normalized spacial score (nSPS) is 11.8. The zero-order valence-corrected chi connectivity index (χ0v) is 13.2. The minimum absolute atomic E-state index is 0.552. The quantitative estimate of drug-likeness (QED) is 0.482. The Hall–Kier alpha value is -2.49. The first-order valence-corrected chi connectivity index (χ1v) is 7.07. The van der Waals surface area contributed by atoms with E-state index in [9.17, 15) is 9.59 Å². The highest BCUT2D eigenvalue weighted by molar-refractivity contribution is 5.96. The molecule has 0 atom stereocenters. The van der Waals surface area contributed by atoms with Crippen LogP contribution >= 0.6 is 0 Å². The Morgan fingerprint density at radius 1 is 1.14 bits per heavy atom. The van der Waals surface area contributed by atoms with Crippen molar-refractivity contribution >= 4 is 28.9 Å². The molecule has 2 aromatic rings. The smallest absolute Gasteiger partial charge is 0.338 e. The fourth-order valence-corrected chi connectivity index (χ4v) is 1.79. The maximum Gasteiger partial charge on any atom is 0.338 e. The monoisotopic (exact) mass is 297 g/mol. The van der Waals surface area contributed by atoms with E-state index in [-0.39, 0.29) is 0 Å².